The number of esters is 3. The number of methoxy groups -OCH3 is 1. The van der Waals surface area contributed by atoms with E-state index in [4.69, 9.17) is 18.9 Å². The summed E-state index contributed by atoms with van der Waals surface area (Å²) in [5.41, 5.74) is -2.10. The van der Waals surface area contributed by atoms with E-state index < -0.39 is 75.7 Å². The number of carbonyl (C=O) groups excluding carboxylic acids is 3. The molecule has 0 aromatic heterocycles. The second-order valence-electron chi connectivity index (χ2n) is 15.5. The highest BCUT2D eigenvalue weighted by Gasteiger charge is 2.71. The maximum atomic E-state index is 13.5. The molecule has 2 fully saturated rings. The van der Waals surface area contributed by atoms with Crippen molar-refractivity contribution in [1.29, 1.82) is 0 Å². The monoisotopic (exact) mass is 626 g/mol. The quantitative estimate of drug-likeness (QED) is 0.186. The molecular formula is C36H50O9. The number of hydrogen-bond acceptors (Lipinski definition) is 9. The van der Waals surface area contributed by atoms with Crippen molar-refractivity contribution in [3.63, 3.8) is 0 Å². The smallest absolute Gasteiger partial charge is 0.334 e. The molecule has 9 nitrogen and oxygen atoms in total. The van der Waals surface area contributed by atoms with E-state index in [9.17, 15) is 24.6 Å². The Balaban J connectivity index is 1.64. The van der Waals surface area contributed by atoms with Gasteiger partial charge in [0.1, 0.15) is 23.9 Å². The van der Waals surface area contributed by atoms with Crippen molar-refractivity contribution in [2.24, 2.45) is 34.0 Å². The molecule has 2 saturated carbocycles. The van der Waals surface area contributed by atoms with E-state index in [0.29, 0.717) is 30.4 Å². The minimum atomic E-state index is -1.08. The van der Waals surface area contributed by atoms with E-state index in [-0.39, 0.29) is 11.8 Å². The Kier molecular flexibility index (Phi) is 8.15. The number of carbonyl (C=O) groups is 3. The van der Waals surface area contributed by atoms with Crippen LogP contribution in [0.4, 0.5) is 0 Å². The summed E-state index contributed by atoms with van der Waals surface area (Å²) in [5, 5.41) is 23.2. The average Bonchev–Trinajstić information content (AvgIpc) is 3.49. The van der Waals surface area contributed by atoms with Gasteiger partial charge in [0.25, 0.3) is 0 Å². The zero-order chi connectivity index (χ0) is 33.5. The molecule has 0 saturated heterocycles. The van der Waals surface area contributed by atoms with Gasteiger partial charge in [-0.2, -0.15) is 0 Å². The van der Waals surface area contributed by atoms with Gasteiger partial charge in [-0.15, -0.1) is 0 Å². The van der Waals surface area contributed by atoms with Gasteiger partial charge in [-0.05, 0) is 77.7 Å². The van der Waals surface area contributed by atoms with Gasteiger partial charge >= 0.3 is 17.9 Å². The van der Waals surface area contributed by atoms with Gasteiger partial charge in [-0.3, -0.25) is 0 Å². The first-order valence-corrected chi connectivity index (χ1v) is 16.1. The van der Waals surface area contributed by atoms with Crippen LogP contribution in [0.1, 0.15) is 81.6 Å². The van der Waals surface area contributed by atoms with Gasteiger partial charge < -0.3 is 29.2 Å². The van der Waals surface area contributed by atoms with Gasteiger partial charge in [0.2, 0.25) is 0 Å². The molecule has 0 aromatic rings. The van der Waals surface area contributed by atoms with Crippen molar-refractivity contribution in [3.05, 3.63) is 47.1 Å². The van der Waals surface area contributed by atoms with E-state index in [2.05, 4.69) is 19.9 Å². The molecule has 0 amide bonds. The maximum Gasteiger partial charge on any atom is 0.334 e. The third kappa shape index (κ3) is 4.95. The predicted molar refractivity (Wildman–Crippen MR) is 166 cm³/mol. The summed E-state index contributed by atoms with van der Waals surface area (Å²) in [4.78, 5) is 39.6. The zero-order valence-electron chi connectivity index (χ0n) is 28.3. The number of aliphatic hydroxyl groups is 2. The van der Waals surface area contributed by atoms with Crippen molar-refractivity contribution in [1.82, 2.24) is 0 Å². The summed E-state index contributed by atoms with van der Waals surface area (Å²) in [6.45, 7) is 17.0. The van der Waals surface area contributed by atoms with Crippen LogP contribution in [0, 0.1) is 34.0 Å². The van der Waals surface area contributed by atoms with E-state index in [0.717, 1.165) is 5.57 Å². The topological polar surface area (TPSA) is 129 Å². The van der Waals surface area contributed by atoms with Crippen molar-refractivity contribution in [2.75, 3.05) is 7.11 Å². The van der Waals surface area contributed by atoms with Crippen LogP contribution in [-0.4, -0.2) is 70.8 Å². The van der Waals surface area contributed by atoms with Crippen LogP contribution in [0.5, 0.6) is 0 Å². The normalized spacial score (nSPS) is 41.5. The second kappa shape index (κ2) is 10.9. The predicted octanol–water partition coefficient (Wildman–Crippen LogP) is 4.76. The number of ether oxygens (including phenoxy) is 4. The van der Waals surface area contributed by atoms with E-state index in [1.165, 1.54) is 13.2 Å². The van der Waals surface area contributed by atoms with Crippen molar-refractivity contribution >= 4 is 17.9 Å². The Labute approximate surface area is 266 Å². The van der Waals surface area contributed by atoms with E-state index in [1.807, 2.05) is 26.8 Å². The fourth-order valence-corrected chi connectivity index (χ4v) is 9.66. The van der Waals surface area contributed by atoms with Crippen molar-refractivity contribution < 1.29 is 43.5 Å². The summed E-state index contributed by atoms with van der Waals surface area (Å²) < 4.78 is 23.4. The van der Waals surface area contributed by atoms with E-state index in [1.54, 1.807) is 39.8 Å². The van der Waals surface area contributed by atoms with E-state index >= 15 is 0 Å². The molecule has 248 valence electrons. The molecule has 2 heterocycles. The third-order valence-electron chi connectivity index (χ3n) is 12.3. The molecule has 2 N–H and O–H groups in total. The highest BCUT2D eigenvalue weighted by atomic mass is 16.6. The molecule has 2 aliphatic heterocycles. The summed E-state index contributed by atoms with van der Waals surface area (Å²) >= 11 is 0. The first kappa shape index (κ1) is 33.6. The largest absolute Gasteiger partial charge is 0.459 e. The first-order valence-electron chi connectivity index (χ1n) is 16.1. The Morgan fingerprint density at radius 3 is 2.47 bits per heavy atom. The van der Waals surface area contributed by atoms with Crippen LogP contribution in [0.15, 0.2) is 47.1 Å². The molecule has 0 bridgehead atoms. The number of cyclic esters (lactones) is 2. The maximum absolute atomic E-state index is 13.5. The molecule has 0 radical (unpaired) electrons. The molecule has 45 heavy (non-hydrogen) atoms. The molecule has 5 aliphatic rings. The Morgan fingerprint density at radius 2 is 1.84 bits per heavy atom. The highest BCUT2D eigenvalue weighted by molar-refractivity contribution is 5.92. The zero-order valence-corrected chi connectivity index (χ0v) is 28.3. The molecule has 0 aromatic carbocycles. The van der Waals surface area contributed by atoms with Gasteiger partial charge in [0.05, 0.1) is 11.7 Å². The van der Waals surface area contributed by atoms with Gasteiger partial charge in [-0.1, -0.05) is 44.6 Å². The molecule has 3 aliphatic carbocycles. The van der Waals surface area contributed by atoms with Crippen LogP contribution >= 0.6 is 0 Å². The molecule has 5 rings (SSSR count). The summed E-state index contributed by atoms with van der Waals surface area (Å²) in [7, 11) is 1.50. The summed E-state index contributed by atoms with van der Waals surface area (Å²) in [6, 6.07) is 0. The first-order chi connectivity index (χ1) is 20.8. The standard InChI is InChI=1S/C36H50O9/c1-11-19(2)30(40)44-23-18-35(8)21(20-16-22(43-31(20)41)29(39)33(5,6)42-10)12-13-24(35)36(9)26(37)17-25-32(3,4)45-27(38)14-15-34(25,7)28(23)36/h11,13-16,21-23,25-26,28-29,37,39H,12,17-18H2,1-10H3/b19-11+/t21-,22+,23+,25-,26+,28+,29-,34-,35-,36+/m0/s1. The lowest BCUT2D eigenvalue weighted by atomic mass is 9.40. The molecule has 9 heteroatoms. The van der Waals surface area contributed by atoms with Crippen LogP contribution in [-0.2, 0) is 33.3 Å². The van der Waals surface area contributed by atoms with Gasteiger partial charge in [-0.25, -0.2) is 14.4 Å². The summed E-state index contributed by atoms with van der Waals surface area (Å²) in [5.74, 6) is -2.36. The number of allylic oxidation sites excluding steroid dienone is 3. The minimum Gasteiger partial charge on any atom is -0.459 e. The van der Waals surface area contributed by atoms with Crippen LogP contribution in [0.25, 0.3) is 0 Å². The second-order valence-corrected chi connectivity index (χ2v) is 15.5. The van der Waals surface area contributed by atoms with Crippen LogP contribution in [0.3, 0.4) is 0 Å². The van der Waals surface area contributed by atoms with Crippen molar-refractivity contribution in [3.8, 4) is 0 Å². The fourth-order valence-electron chi connectivity index (χ4n) is 9.66. The summed E-state index contributed by atoms with van der Waals surface area (Å²) in [6.07, 6.45) is 6.77. The number of hydrogen-bond donors (Lipinski definition) is 2. The lowest BCUT2D eigenvalue weighted by Gasteiger charge is -2.66. The molecule has 10 atom stereocenters. The molecular weight excluding hydrogens is 576 g/mol. The van der Waals surface area contributed by atoms with Crippen LogP contribution < -0.4 is 0 Å². The number of fused-ring (bicyclic) bond motifs is 5. The Morgan fingerprint density at radius 1 is 1.18 bits per heavy atom. The van der Waals surface area contributed by atoms with Gasteiger partial charge in [0, 0.05) is 47.5 Å². The number of aliphatic hydroxyl groups excluding tert-OH is 2. The Bertz CT molecular complexity index is 1400. The van der Waals surface area contributed by atoms with Crippen molar-refractivity contribution in [2.45, 2.75) is 117 Å². The lowest BCUT2D eigenvalue weighted by Crippen LogP contribution is -2.67. The minimum absolute atomic E-state index is 0.258. The highest BCUT2D eigenvalue weighted by Crippen LogP contribution is 2.71. The van der Waals surface area contributed by atoms with Gasteiger partial charge in [0.15, 0.2) is 0 Å². The fraction of sp³-hybridized carbons (Fsp3) is 0.694. The van der Waals surface area contributed by atoms with Crippen LogP contribution in [0.2, 0.25) is 0 Å². The molecule has 0 spiro atoms. The number of rotatable bonds is 6. The third-order valence-corrected chi connectivity index (χ3v) is 12.3. The molecule has 0 unspecified atom stereocenters. The average molecular weight is 627 g/mol. The lowest BCUT2D eigenvalue weighted by molar-refractivity contribution is -0.216. The Hall–Kier alpha value is -2.75. The SMILES string of the molecule is C/C=C(\C)C(=O)O[C@@H]1C[C@]2(C)C(=CC[C@H]2C2=C[C@H]([C@H](O)C(C)(C)OC)OC2=O)[C@]2(C)[C@H](O)C[C@H]3C(C)(C)OC(=O)C=C[C@]3(C)[C@@H]12.